The first-order valence-corrected chi connectivity index (χ1v) is 5.34. The van der Waals surface area contributed by atoms with Crippen molar-refractivity contribution in [3.05, 3.63) is 0 Å². The molecule has 15 heavy (non-hydrogen) atoms. The van der Waals surface area contributed by atoms with Crippen LogP contribution in [0.15, 0.2) is 0 Å². The van der Waals surface area contributed by atoms with Crippen molar-refractivity contribution < 1.29 is 14.7 Å². The second kappa shape index (κ2) is 5.70. The number of rotatable bonds is 5. The fraction of sp³-hybridized carbons (Fsp3) is 0.800. The van der Waals surface area contributed by atoms with Crippen molar-refractivity contribution in [1.29, 1.82) is 0 Å². The van der Waals surface area contributed by atoms with Crippen LogP contribution in [0.4, 0.5) is 0 Å². The average Bonchev–Trinajstić information content (AvgIpc) is 2.59. The molecule has 5 nitrogen and oxygen atoms in total. The van der Waals surface area contributed by atoms with Gasteiger partial charge in [0.1, 0.15) is 0 Å². The van der Waals surface area contributed by atoms with E-state index in [4.69, 9.17) is 10.8 Å². The van der Waals surface area contributed by atoms with E-state index >= 15 is 0 Å². The molecule has 0 aromatic heterocycles. The number of carboxylic acid groups (broad SMARTS) is 1. The van der Waals surface area contributed by atoms with Crippen molar-refractivity contribution in [2.75, 3.05) is 13.1 Å². The third kappa shape index (κ3) is 4.29. The van der Waals surface area contributed by atoms with Gasteiger partial charge >= 0.3 is 5.97 Å². The third-order valence-corrected chi connectivity index (χ3v) is 2.61. The Kier molecular flexibility index (Phi) is 4.55. The summed E-state index contributed by atoms with van der Waals surface area (Å²) >= 11 is 0. The Morgan fingerprint density at radius 2 is 2.00 bits per heavy atom. The maximum atomic E-state index is 11.6. The molecule has 3 N–H and O–H groups in total. The summed E-state index contributed by atoms with van der Waals surface area (Å²) < 4.78 is 0. The number of carbonyl (C=O) groups excluding carboxylic acids is 1. The van der Waals surface area contributed by atoms with Crippen molar-refractivity contribution in [2.45, 2.75) is 38.1 Å². The van der Waals surface area contributed by atoms with Gasteiger partial charge in [0.25, 0.3) is 0 Å². The smallest absolute Gasteiger partial charge is 0.303 e. The third-order valence-electron chi connectivity index (χ3n) is 2.61. The number of amides is 1. The minimum Gasteiger partial charge on any atom is -0.481 e. The number of carbonyl (C=O) groups is 2. The lowest BCUT2D eigenvalue weighted by Crippen LogP contribution is -2.31. The molecule has 1 atom stereocenters. The van der Waals surface area contributed by atoms with Crippen LogP contribution in [0.5, 0.6) is 0 Å². The fourth-order valence-corrected chi connectivity index (χ4v) is 1.72. The highest BCUT2D eigenvalue weighted by atomic mass is 16.4. The monoisotopic (exact) mass is 214 g/mol. The van der Waals surface area contributed by atoms with E-state index in [0.717, 1.165) is 13.0 Å². The number of hydrogen-bond donors (Lipinski definition) is 2. The van der Waals surface area contributed by atoms with E-state index in [0.29, 0.717) is 25.8 Å². The van der Waals surface area contributed by atoms with Gasteiger partial charge in [-0.15, -0.1) is 0 Å². The van der Waals surface area contributed by atoms with E-state index in [9.17, 15) is 9.59 Å². The molecule has 1 aliphatic rings. The van der Waals surface area contributed by atoms with Crippen LogP contribution in [-0.4, -0.2) is 41.0 Å². The van der Waals surface area contributed by atoms with E-state index in [2.05, 4.69) is 0 Å². The van der Waals surface area contributed by atoms with Crippen LogP contribution in [0.3, 0.4) is 0 Å². The standard InChI is InChI=1S/C10H18N2O3/c11-8-5-6-12(7-8)9(13)3-1-2-4-10(14)15/h8H,1-7,11H2,(H,14,15). The summed E-state index contributed by atoms with van der Waals surface area (Å²) in [5.41, 5.74) is 5.69. The van der Waals surface area contributed by atoms with Gasteiger partial charge in [-0.25, -0.2) is 0 Å². The summed E-state index contributed by atoms with van der Waals surface area (Å²) in [5.74, 6) is -0.695. The van der Waals surface area contributed by atoms with Crippen LogP contribution in [0, 0.1) is 0 Å². The van der Waals surface area contributed by atoms with E-state index < -0.39 is 5.97 Å². The predicted octanol–water partition coefficient (Wildman–Crippen LogP) is 0.191. The predicted molar refractivity (Wildman–Crippen MR) is 55.3 cm³/mol. The molecule has 1 saturated heterocycles. The van der Waals surface area contributed by atoms with Gasteiger partial charge in [0, 0.05) is 32.0 Å². The van der Waals surface area contributed by atoms with Gasteiger partial charge in [-0.1, -0.05) is 0 Å². The second-order valence-electron chi connectivity index (χ2n) is 3.99. The summed E-state index contributed by atoms with van der Waals surface area (Å²) in [6.45, 7) is 1.40. The lowest BCUT2D eigenvalue weighted by Gasteiger charge is -2.15. The summed E-state index contributed by atoms with van der Waals surface area (Å²) in [7, 11) is 0. The summed E-state index contributed by atoms with van der Waals surface area (Å²) in [4.78, 5) is 23.6. The summed E-state index contributed by atoms with van der Waals surface area (Å²) in [6, 6.07) is 0.118. The molecule has 0 radical (unpaired) electrons. The van der Waals surface area contributed by atoms with Crippen molar-refractivity contribution in [3.63, 3.8) is 0 Å². The number of nitrogens with two attached hydrogens (primary N) is 1. The largest absolute Gasteiger partial charge is 0.481 e. The number of nitrogens with zero attached hydrogens (tertiary/aromatic N) is 1. The van der Waals surface area contributed by atoms with Crippen LogP contribution in [-0.2, 0) is 9.59 Å². The van der Waals surface area contributed by atoms with E-state index in [1.54, 1.807) is 4.90 Å². The highest BCUT2D eigenvalue weighted by Crippen LogP contribution is 2.10. The molecule has 0 bridgehead atoms. The first kappa shape index (κ1) is 12.0. The Bertz CT molecular complexity index is 243. The molecular weight excluding hydrogens is 196 g/mol. The minimum atomic E-state index is -0.800. The molecule has 1 heterocycles. The van der Waals surface area contributed by atoms with Gasteiger partial charge in [0.05, 0.1) is 0 Å². The topological polar surface area (TPSA) is 83.6 Å². The number of aliphatic carboxylic acids is 1. The molecule has 0 spiro atoms. The highest BCUT2D eigenvalue weighted by molar-refractivity contribution is 5.76. The molecule has 0 aromatic carbocycles. The summed E-state index contributed by atoms with van der Waals surface area (Å²) in [5, 5.41) is 8.41. The number of hydrogen-bond acceptors (Lipinski definition) is 3. The molecule has 1 aliphatic heterocycles. The first-order valence-electron chi connectivity index (χ1n) is 5.34. The van der Waals surface area contributed by atoms with Crippen LogP contribution >= 0.6 is 0 Å². The number of unbranched alkanes of at least 4 members (excludes halogenated alkanes) is 1. The Labute approximate surface area is 89.2 Å². The van der Waals surface area contributed by atoms with Crippen molar-refractivity contribution in [2.24, 2.45) is 5.73 Å². The van der Waals surface area contributed by atoms with Crippen molar-refractivity contribution in [1.82, 2.24) is 4.90 Å². The quantitative estimate of drug-likeness (QED) is 0.640. The van der Waals surface area contributed by atoms with E-state index in [1.165, 1.54) is 0 Å². The van der Waals surface area contributed by atoms with E-state index in [-0.39, 0.29) is 18.4 Å². The zero-order valence-corrected chi connectivity index (χ0v) is 8.82. The fourth-order valence-electron chi connectivity index (χ4n) is 1.72. The molecule has 86 valence electrons. The Morgan fingerprint density at radius 3 is 2.53 bits per heavy atom. The molecule has 1 unspecified atom stereocenters. The zero-order chi connectivity index (χ0) is 11.3. The molecular formula is C10H18N2O3. The van der Waals surface area contributed by atoms with Crippen LogP contribution in [0.25, 0.3) is 0 Å². The molecule has 0 aromatic rings. The maximum absolute atomic E-state index is 11.6. The van der Waals surface area contributed by atoms with Crippen LogP contribution in [0.1, 0.15) is 32.1 Å². The van der Waals surface area contributed by atoms with Gasteiger partial charge in [-0.3, -0.25) is 9.59 Å². The Morgan fingerprint density at radius 1 is 1.33 bits per heavy atom. The molecule has 1 amide bonds. The van der Waals surface area contributed by atoms with Crippen molar-refractivity contribution >= 4 is 11.9 Å². The van der Waals surface area contributed by atoms with Gasteiger partial charge in [0.15, 0.2) is 0 Å². The van der Waals surface area contributed by atoms with Gasteiger partial charge < -0.3 is 15.7 Å². The van der Waals surface area contributed by atoms with Gasteiger partial charge in [-0.2, -0.15) is 0 Å². The van der Waals surface area contributed by atoms with Gasteiger partial charge in [0.2, 0.25) is 5.91 Å². The zero-order valence-electron chi connectivity index (χ0n) is 8.82. The Hall–Kier alpha value is -1.10. The SMILES string of the molecule is NC1CCN(C(=O)CCCCC(=O)O)C1. The van der Waals surface area contributed by atoms with Gasteiger partial charge in [-0.05, 0) is 19.3 Å². The number of likely N-dealkylation sites (tertiary alicyclic amines) is 1. The second-order valence-corrected chi connectivity index (χ2v) is 3.99. The van der Waals surface area contributed by atoms with Crippen LogP contribution in [0.2, 0.25) is 0 Å². The molecule has 1 fully saturated rings. The molecule has 0 aliphatic carbocycles. The average molecular weight is 214 g/mol. The van der Waals surface area contributed by atoms with Crippen molar-refractivity contribution in [3.8, 4) is 0 Å². The molecule has 1 rings (SSSR count). The highest BCUT2D eigenvalue weighted by Gasteiger charge is 2.22. The molecule has 5 heteroatoms. The maximum Gasteiger partial charge on any atom is 0.303 e. The number of carboxylic acids is 1. The Balaban J connectivity index is 2.11. The lowest BCUT2D eigenvalue weighted by molar-refractivity contribution is -0.137. The molecule has 0 saturated carbocycles. The van der Waals surface area contributed by atoms with Crippen LogP contribution < -0.4 is 5.73 Å². The minimum absolute atomic E-state index is 0.105. The first-order chi connectivity index (χ1) is 7.09. The summed E-state index contributed by atoms with van der Waals surface area (Å²) in [6.07, 6.45) is 2.69. The van der Waals surface area contributed by atoms with E-state index in [1.807, 2.05) is 0 Å². The normalized spacial score (nSPS) is 20.6. The lowest BCUT2D eigenvalue weighted by atomic mass is 10.2.